The smallest absolute Gasteiger partial charge is 0.391 e. The molecular formula is C14H20F3NO3. The Hall–Kier alpha value is -1.27. The molecule has 1 saturated heterocycles. The second kappa shape index (κ2) is 6.23. The van der Waals surface area contributed by atoms with E-state index < -0.39 is 29.9 Å². The van der Waals surface area contributed by atoms with E-state index in [0.717, 1.165) is 0 Å². The van der Waals surface area contributed by atoms with Gasteiger partial charge in [-0.05, 0) is 32.1 Å². The number of hydrogen-bond acceptors (Lipinski definition) is 2. The average Bonchev–Trinajstić information content (AvgIpc) is 2.46. The van der Waals surface area contributed by atoms with Gasteiger partial charge in [0, 0.05) is 19.0 Å². The summed E-state index contributed by atoms with van der Waals surface area (Å²) in [6.07, 6.45) is -2.55. The van der Waals surface area contributed by atoms with Crippen molar-refractivity contribution in [2.45, 2.75) is 44.7 Å². The number of carbonyl (C=O) groups is 2. The summed E-state index contributed by atoms with van der Waals surface area (Å²) < 4.78 is 38.3. The number of piperidine rings is 1. The normalized spacial score (nSPS) is 28.4. The first-order valence-corrected chi connectivity index (χ1v) is 7.37. The van der Waals surface area contributed by atoms with E-state index >= 15 is 0 Å². The van der Waals surface area contributed by atoms with Gasteiger partial charge in [-0.25, -0.2) is 0 Å². The Labute approximate surface area is 121 Å². The number of alkyl halides is 3. The summed E-state index contributed by atoms with van der Waals surface area (Å²) >= 11 is 0. The Morgan fingerprint density at radius 3 is 2.14 bits per heavy atom. The molecule has 1 amide bonds. The van der Waals surface area contributed by atoms with Crippen molar-refractivity contribution in [3.8, 4) is 0 Å². The van der Waals surface area contributed by atoms with Crippen molar-refractivity contribution in [1.82, 2.24) is 4.90 Å². The fraction of sp³-hybridized carbons (Fsp3) is 0.857. The first kappa shape index (κ1) is 16.1. The number of carboxylic acid groups (broad SMARTS) is 1. The van der Waals surface area contributed by atoms with Gasteiger partial charge >= 0.3 is 12.1 Å². The van der Waals surface area contributed by atoms with Crippen LogP contribution in [0.2, 0.25) is 0 Å². The van der Waals surface area contributed by atoms with Crippen LogP contribution in [0.25, 0.3) is 0 Å². The quantitative estimate of drug-likeness (QED) is 0.853. The maximum Gasteiger partial charge on any atom is 0.391 e. The van der Waals surface area contributed by atoms with Crippen molar-refractivity contribution < 1.29 is 27.9 Å². The zero-order chi connectivity index (χ0) is 15.6. The van der Waals surface area contributed by atoms with Gasteiger partial charge in [-0.1, -0.05) is 6.42 Å². The Morgan fingerprint density at radius 2 is 1.62 bits per heavy atom. The monoisotopic (exact) mass is 307 g/mol. The molecule has 2 atom stereocenters. The molecule has 2 rings (SSSR count). The Balaban J connectivity index is 1.90. The molecule has 1 N–H and O–H groups in total. The SMILES string of the molecule is O=C(O)C1CCN(C(=O)C2CCCC(C(F)(F)F)C2)CC1. The van der Waals surface area contributed by atoms with E-state index in [0.29, 0.717) is 38.8 Å². The molecule has 4 nitrogen and oxygen atoms in total. The van der Waals surface area contributed by atoms with E-state index in [2.05, 4.69) is 0 Å². The number of nitrogens with zero attached hydrogens (tertiary/aromatic N) is 1. The lowest BCUT2D eigenvalue weighted by molar-refractivity contribution is -0.187. The van der Waals surface area contributed by atoms with Crippen molar-refractivity contribution >= 4 is 11.9 Å². The van der Waals surface area contributed by atoms with E-state index in [-0.39, 0.29) is 18.7 Å². The van der Waals surface area contributed by atoms with Gasteiger partial charge in [0.2, 0.25) is 5.91 Å². The number of carboxylic acids is 1. The zero-order valence-electron chi connectivity index (χ0n) is 11.7. The molecule has 0 aromatic carbocycles. The van der Waals surface area contributed by atoms with Gasteiger partial charge in [0.05, 0.1) is 11.8 Å². The van der Waals surface area contributed by atoms with Crippen LogP contribution in [0, 0.1) is 17.8 Å². The molecular weight excluding hydrogens is 287 g/mol. The third-order valence-electron chi connectivity index (χ3n) is 4.64. The van der Waals surface area contributed by atoms with Gasteiger partial charge < -0.3 is 10.0 Å². The summed E-state index contributed by atoms with van der Waals surface area (Å²) in [6.45, 7) is 0.673. The lowest BCUT2D eigenvalue weighted by Crippen LogP contribution is -2.45. The molecule has 7 heteroatoms. The fourth-order valence-electron chi connectivity index (χ4n) is 3.32. The maximum absolute atomic E-state index is 12.8. The van der Waals surface area contributed by atoms with Crippen LogP contribution in [-0.2, 0) is 9.59 Å². The van der Waals surface area contributed by atoms with Crippen molar-refractivity contribution in [1.29, 1.82) is 0 Å². The molecule has 0 bridgehead atoms. The molecule has 21 heavy (non-hydrogen) atoms. The van der Waals surface area contributed by atoms with Gasteiger partial charge in [-0.2, -0.15) is 13.2 Å². The highest BCUT2D eigenvalue weighted by atomic mass is 19.4. The number of aliphatic carboxylic acids is 1. The first-order chi connectivity index (χ1) is 9.79. The molecule has 2 aliphatic rings. The van der Waals surface area contributed by atoms with Crippen LogP contribution in [-0.4, -0.2) is 41.1 Å². The van der Waals surface area contributed by atoms with Crippen LogP contribution in [0.5, 0.6) is 0 Å². The highest BCUT2D eigenvalue weighted by molar-refractivity contribution is 5.79. The molecule has 0 aromatic heterocycles. The molecule has 0 aromatic rings. The van der Waals surface area contributed by atoms with Crippen LogP contribution in [0.3, 0.4) is 0 Å². The van der Waals surface area contributed by atoms with E-state index in [4.69, 9.17) is 5.11 Å². The number of hydrogen-bond donors (Lipinski definition) is 1. The van der Waals surface area contributed by atoms with Crippen molar-refractivity contribution in [3.63, 3.8) is 0 Å². The van der Waals surface area contributed by atoms with Crippen LogP contribution in [0.1, 0.15) is 38.5 Å². The second-order valence-corrected chi connectivity index (χ2v) is 6.04. The highest BCUT2D eigenvalue weighted by Crippen LogP contribution is 2.40. The lowest BCUT2D eigenvalue weighted by Gasteiger charge is -2.36. The molecule has 1 saturated carbocycles. The van der Waals surface area contributed by atoms with Crippen molar-refractivity contribution in [2.24, 2.45) is 17.8 Å². The minimum absolute atomic E-state index is 0.106. The Kier molecular flexibility index (Phi) is 4.78. The Morgan fingerprint density at radius 1 is 1.00 bits per heavy atom. The summed E-state index contributed by atoms with van der Waals surface area (Å²) in [5.74, 6) is -3.48. The predicted molar refractivity (Wildman–Crippen MR) is 68.4 cm³/mol. The lowest BCUT2D eigenvalue weighted by atomic mass is 9.80. The predicted octanol–water partition coefficient (Wildman–Crippen LogP) is 2.68. The third-order valence-corrected chi connectivity index (χ3v) is 4.64. The number of halogens is 3. The number of rotatable bonds is 2. The number of carbonyl (C=O) groups excluding carboxylic acids is 1. The summed E-state index contributed by atoms with van der Waals surface area (Å²) in [5, 5.41) is 8.91. The minimum Gasteiger partial charge on any atom is -0.481 e. The third kappa shape index (κ3) is 3.89. The highest BCUT2D eigenvalue weighted by Gasteiger charge is 2.44. The summed E-state index contributed by atoms with van der Waals surface area (Å²) in [5.41, 5.74) is 0. The first-order valence-electron chi connectivity index (χ1n) is 7.37. The van der Waals surface area contributed by atoms with Crippen molar-refractivity contribution in [3.05, 3.63) is 0 Å². The van der Waals surface area contributed by atoms with E-state index in [1.165, 1.54) is 0 Å². The van der Waals surface area contributed by atoms with Crippen LogP contribution in [0.4, 0.5) is 13.2 Å². The van der Waals surface area contributed by atoms with E-state index in [1.54, 1.807) is 4.90 Å². The molecule has 1 aliphatic carbocycles. The molecule has 0 spiro atoms. The van der Waals surface area contributed by atoms with Gasteiger partial charge in [-0.3, -0.25) is 9.59 Å². The number of amides is 1. The van der Waals surface area contributed by atoms with Crippen molar-refractivity contribution in [2.75, 3.05) is 13.1 Å². The molecule has 2 unspecified atom stereocenters. The molecule has 2 fully saturated rings. The van der Waals surface area contributed by atoms with Crippen LogP contribution in [0.15, 0.2) is 0 Å². The summed E-state index contributed by atoms with van der Waals surface area (Å²) in [7, 11) is 0. The molecule has 1 aliphatic heterocycles. The molecule has 0 radical (unpaired) electrons. The topological polar surface area (TPSA) is 57.6 Å². The summed E-state index contributed by atoms with van der Waals surface area (Å²) in [6, 6.07) is 0. The maximum atomic E-state index is 12.8. The largest absolute Gasteiger partial charge is 0.481 e. The van der Waals surface area contributed by atoms with E-state index in [9.17, 15) is 22.8 Å². The number of likely N-dealkylation sites (tertiary alicyclic amines) is 1. The zero-order valence-corrected chi connectivity index (χ0v) is 11.7. The van der Waals surface area contributed by atoms with Gasteiger partial charge in [0.25, 0.3) is 0 Å². The minimum atomic E-state index is -4.23. The standard InChI is InChI=1S/C14H20F3NO3/c15-14(16,17)11-3-1-2-10(8-11)12(19)18-6-4-9(5-7-18)13(20)21/h9-11H,1-8H2,(H,20,21). The van der Waals surface area contributed by atoms with E-state index in [1.807, 2.05) is 0 Å². The van der Waals surface area contributed by atoms with Gasteiger partial charge in [0.15, 0.2) is 0 Å². The van der Waals surface area contributed by atoms with Crippen LogP contribution >= 0.6 is 0 Å². The summed E-state index contributed by atoms with van der Waals surface area (Å²) in [4.78, 5) is 24.7. The second-order valence-electron chi connectivity index (χ2n) is 6.04. The average molecular weight is 307 g/mol. The fourth-order valence-corrected chi connectivity index (χ4v) is 3.32. The van der Waals surface area contributed by atoms with Gasteiger partial charge in [0.1, 0.15) is 0 Å². The molecule has 1 heterocycles. The van der Waals surface area contributed by atoms with Crippen LogP contribution < -0.4 is 0 Å². The Bertz CT molecular complexity index is 403. The molecule has 120 valence electrons. The van der Waals surface area contributed by atoms with Gasteiger partial charge in [-0.15, -0.1) is 0 Å².